The summed E-state index contributed by atoms with van der Waals surface area (Å²) in [5, 5.41) is 13.8. The second-order valence-electron chi connectivity index (χ2n) is 4.61. The lowest BCUT2D eigenvalue weighted by Crippen LogP contribution is -2.01. The van der Waals surface area contributed by atoms with Crippen molar-refractivity contribution >= 4 is 38.8 Å². The van der Waals surface area contributed by atoms with Crippen molar-refractivity contribution in [3.05, 3.63) is 52.0 Å². The van der Waals surface area contributed by atoms with Crippen LogP contribution in [-0.4, -0.2) is 10.1 Å². The Morgan fingerprint density at radius 2 is 2.15 bits per heavy atom. The molecule has 0 unspecified atom stereocenters. The number of phenolic OH excluding ortho intramolecular Hbond substituents is 1. The average molecular weight is 305 g/mol. The molecule has 0 fully saturated rings. The highest BCUT2D eigenvalue weighted by molar-refractivity contribution is 7.16. The first-order valence-electron chi connectivity index (χ1n) is 6.19. The number of aromatic nitrogens is 1. The van der Waals surface area contributed by atoms with E-state index < -0.39 is 0 Å². The van der Waals surface area contributed by atoms with Gasteiger partial charge < -0.3 is 10.4 Å². The van der Waals surface area contributed by atoms with Crippen LogP contribution in [0.25, 0.3) is 10.2 Å². The molecule has 1 aromatic heterocycles. The average Bonchev–Trinajstić information content (AvgIpc) is 2.90. The molecule has 5 heteroatoms. The van der Waals surface area contributed by atoms with Gasteiger partial charge in [-0.3, -0.25) is 0 Å². The number of rotatable bonds is 3. The molecule has 102 valence electrons. The molecule has 3 nitrogen and oxygen atoms in total. The van der Waals surface area contributed by atoms with Crippen molar-refractivity contribution < 1.29 is 5.11 Å². The van der Waals surface area contributed by atoms with E-state index in [2.05, 4.69) is 10.3 Å². The van der Waals surface area contributed by atoms with Crippen LogP contribution < -0.4 is 5.32 Å². The molecular formula is C15H13ClN2OS. The summed E-state index contributed by atoms with van der Waals surface area (Å²) in [5.41, 5.74) is 5.43. The number of benzene rings is 2. The molecule has 0 aliphatic heterocycles. The molecule has 1 heterocycles. The van der Waals surface area contributed by atoms with Gasteiger partial charge in [0.1, 0.15) is 11.3 Å². The number of anilines is 1. The smallest absolute Gasteiger partial charge is 0.120 e. The summed E-state index contributed by atoms with van der Waals surface area (Å²) in [7, 11) is 0. The molecule has 0 radical (unpaired) electrons. The van der Waals surface area contributed by atoms with Crippen LogP contribution in [-0.2, 0) is 6.54 Å². The van der Waals surface area contributed by atoms with E-state index in [1.165, 1.54) is 0 Å². The van der Waals surface area contributed by atoms with E-state index >= 15 is 0 Å². The molecule has 0 amide bonds. The molecule has 2 N–H and O–H groups in total. The zero-order chi connectivity index (χ0) is 14.1. The highest BCUT2D eigenvalue weighted by Crippen LogP contribution is 2.33. The number of fused-ring (bicyclic) bond motifs is 1. The molecule has 3 aromatic rings. The summed E-state index contributed by atoms with van der Waals surface area (Å²) >= 11 is 7.82. The SMILES string of the molecule is Cc1ccc(O)c(CNc2c(Cl)ccc3scnc23)c1. The van der Waals surface area contributed by atoms with Crippen LogP contribution in [0.15, 0.2) is 35.8 Å². The molecule has 20 heavy (non-hydrogen) atoms. The maximum Gasteiger partial charge on any atom is 0.120 e. The molecule has 0 aliphatic rings. The predicted octanol–water partition coefficient (Wildman–Crippen LogP) is 4.58. The lowest BCUT2D eigenvalue weighted by atomic mass is 10.1. The first kappa shape index (κ1) is 13.2. The van der Waals surface area contributed by atoms with E-state index in [0.717, 1.165) is 27.0 Å². The first-order chi connectivity index (χ1) is 9.65. The van der Waals surface area contributed by atoms with Gasteiger partial charge in [0.05, 0.1) is 20.9 Å². The number of nitrogens with zero attached hydrogens (tertiary/aromatic N) is 1. The summed E-state index contributed by atoms with van der Waals surface area (Å²) < 4.78 is 1.09. The van der Waals surface area contributed by atoms with E-state index in [9.17, 15) is 5.11 Å². The van der Waals surface area contributed by atoms with Gasteiger partial charge in [0.25, 0.3) is 0 Å². The standard InChI is InChI=1S/C15H13ClN2OS/c1-9-2-4-12(19)10(6-9)7-17-14-11(16)3-5-13-15(14)18-8-20-13/h2-6,8,17,19H,7H2,1H3. The lowest BCUT2D eigenvalue weighted by Gasteiger charge is -2.11. The van der Waals surface area contributed by atoms with E-state index in [-0.39, 0.29) is 5.75 Å². The quantitative estimate of drug-likeness (QED) is 0.744. The Balaban J connectivity index is 1.92. The van der Waals surface area contributed by atoms with Gasteiger partial charge in [-0.2, -0.15) is 0 Å². The van der Waals surface area contributed by atoms with Crippen LogP contribution in [0.3, 0.4) is 0 Å². The zero-order valence-corrected chi connectivity index (χ0v) is 12.4. The van der Waals surface area contributed by atoms with Gasteiger partial charge in [0.15, 0.2) is 0 Å². The van der Waals surface area contributed by atoms with E-state index in [1.807, 2.05) is 31.2 Å². The highest BCUT2D eigenvalue weighted by Gasteiger charge is 2.09. The van der Waals surface area contributed by atoms with Crippen LogP contribution in [0, 0.1) is 6.92 Å². The number of aromatic hydroxyl groups is 1. The largest absolute Gasteiger partial charge is 0.508 e. The third-order valence-corrected chi connectivity index (χ3v) is 4.25. The number of hydrogen-bond donors (Lipinski definition) is 2. The topological polar surface area (TPSA) is 45.1 Å². The van der Waals surface area contributed by atoms with Crippen molar-refractivity contribution in [2.45, 2.75) is 13.5 Å². The van der Waals surface area contributed by atoms with Crippen molar-refractivity contribution in [1.29, 1.82) is 0 Å². The Kier molecular flexibility index (Phi) is 3.51. The van der Waals surface area contributed by atoms with Gasteiger partial charge in [0.2, 0.25) is 0 Å². The number of aryl methyl sites for hydroxylation is 1. The number of thiazole rings is 1. The summed E-state index contributed by atoms with van der Waals surface area (Å²) in [5.74, 6) is 0.282. The molecule has 0 aliphatic carbocycles. The van der Waals surface area contributed by atoms with Crippen molar-refractivity contribution in [2.75, 3.05) is 5.32 Å². The number of phenols is 1. The van der Waals surface area contributed by atoms with Gasteiger partial charge in [-0.05, 0) is 25.1 Å². The van der Waals surface area contributed by atoms with Crippen molar-refractivity contribution in [3.8, 4) is 5.75 Å². The molecule has 0 atom stereocenters. The fourth-order valence-electron chi connectivity index (χ4n) is 2.11. The third-order valence-electron chi connectivity index (χ3n) is 3.14. The first-order valence-corrected chi connectivity index (χ1v) is 7.45. The highest BCUT2D eigenvalue weighted by atomic mass is 35.5. The predicted molar refractivity (Wildman–Crippen MR) is 84.8 cm³/mol. The fraction of sp³-hybridized carbons (Fsp3) is 0.133. The Labute approximate surface area is 125 Å². The molecule has 0 bridgehead atoms. The van der Waals surface area contributed by atoms with Crippen LogP contribution in [0.5, 0.6) is 5.75 Å². The van der Waals surface area contributed by atoms with Crippen LogP contribution in [0.1, 0.15) is 11.1 Å². The van der Waals surface area contributed by atoms with Gasteiger partial charge in [0, 0.05) is 12.1 Å². The van der Waals surface area contributed by atoms with E-state index in [0.29, 0.717) is 11.6 Å². The van der Waals surface area contributed by atoms with Crippen molar-refractivity contribution in [2.24, 2.45) is 0 Å². The van der Waals surface area contributed by atoms with Crippen LogP contribution >= 0.6 is 22.9 Å². The summed E-state index contributed by atoms with van der Waals surface area (Å²) in [6.07, 6.45) is 0. The van der Waals surface area contributed by atoms with Crippen LogP contribution in [0.4, 0.5) is 5.69 Å². The third kappa shape index (κ3) is 2.44. The molecule has 2 aromatic carbocycles. The van der Waals surface area contributed by atoms with Gasteiger partial charge >= 0.3 is 0 Å². The van der Waals surface area contributed by atoms with Crippen molar-refractivity contribution in [1.82, 2.24) is 4.98 Å². The maximum absolute atomic E-state index is 9.87. The Morgan fingerprint density at radius 3 is 3.00 bits per heavy atom. The molecular weight excluding hydrogens is 292 g/mol. The molecule has 0 spiro atoms. The van der Waals surface area contributed by atoms with Crippen molar-refractivity contribution in [3.63, 3.8) is 0 Å². The number of nitrogens with one attached hydrogen (secondary N) is 1. The number of halogens is 1. The van der Waals surface area contributed by atoms with Gasteiger partial charge in [-0.25, -0.2) is 4.98 Å². The summed E-state index contributed by atoms with van der Waals surface area (Å²) in [6.45, 7) is 2.50. The van der Waals surface area contributed by atoms with Gasteiger partial charge in [-0.15, -0.1) is 11.3 Å². The summed E-state index contributed by atoms with van der Waals surface area (Å²) in [4.78, 5) is 4.34. The van der Waals surface area contributed by atoms with E-state index in [1.54, 1.807) is 22.9 Å². The Hall–Kier alpha value is -1.78. The zero-order valence-electron chi connectivity index (χ0n) is 10.9. The molecule has 3 rings (SSSR count). The monoisotopic (exact) mass is 304 g/mol. The Bertz CT molecular complexity index is 770. The molecule has 0 saturated carbocycles. The minimum Gasteiger partial charge on any atom is -0.508 e. The second kappa shape index (κ2) is 5.31. The minimum atomic E-state index is 0.282. The minimum absolute atomic E-state index is 0.282. The van der Waals surface area contributed by atoms with Crippen LogP contribution in [0.2, 0.25) is 5.02 Å². The molecule has 0 saturated heterocycles. The lowest BCUT2D eigenvalue weighted by molar-refractivity contribution is 0.469. The Morgan fingerprint density at radius 1 is 1.30 bits per heavy atom. The summed E-state index contributed by atoms with van der Waals surface area (Å²) in [6, 6.07) is 9.37. The maximum atomic E-state index is 9.87. The number of hydrogen-bond acceptors (Lipinski definition) is 4. The van der Waals surface area contributed by atoms with Gasteiger partial charge in [-0.1, -0.05) is 29.3 Å². The fourth-order valence-corrected chi connectivity index (χ4v) is 3.02. The normalized spacial score (nSPS) is 10.9. The second-order valence-corrected chi connectivity index (χ2v) is 5.90. The van der Waals surface area contributed by atoms with E-state index in [4.69, 9.17) is 11.6 Å².